The first-order valence-electron chi connectivity index (χ1n) is 9.26. The molecule has 5 nitrogen and oxygen atoms in total. The van der Waals surface area contributed by atoms with E-state index in [1.54, 1.807) is 0 Å². The van der Waals surface area contributed by atoms with Crippen LogP contribution >= 0.6 is 0 Å². The maximum atomic E-state index is 4.69. The molecule has 0 bridgehead atoms. The molecule has 0 atom stereocenters. The molecule has 0 saturated heterocycles. The van der Waals surface area contributed by atoms with Crippen LogP contribution in [0.4, 0.5) is 5.69 Å². The van der Waals surface area contributed by atoms with Gasteiger partial charge in [0.05, 0.1) is 6.54 Å². The molecule has 2 aromatic rings. The molecule has 0 spiro atoms. The van der Waals surface area contributed by atoms with Gasteiger partial charge in [0.1, 0.15) is 0 Å². The van der Waals surface area contributed by atoms with Crippen molar-refractivity contribution in [2.45, 2.75) is 19.9 Å². The summed E-state index contributed by atoms with van der Waals surface area (Å²) < 4.78 is 0. The fraction of sp³-hybridized carbons (Fsp3) is 0.333. The number of pyridine rings is 1. The molecular weight excluding hydrogens is 322 g/mol. The normalized spacial score (nSPS) is 13.9. The van der Waals surface area contributed by atoms with Gasteiger partial charge < -0.3 is 15.5 Å². The van der Waals surface area contributed by atoms with Crippen molar-refractivity contribution in [3.05, 3.63) is 72.1 Å². The fourth-order valence-electron chi connectivity index (χ4n) is 2.87. The number of hydrogen-bond donors (Lipinski definition) is 2. The van der Waals surface area contributed by atoms with Crippen molar-refractivity contribution in [3.63, 3.8) is 0 Å². The molecule has 1 aromatic heterocycles. The Balaban J connectivity index is 1.51. The first-order chi connectivity index (χ1) is 12.8. The molecule has 0 fully saturated rings. The highest BCUT2D eigenvalue weighted by Crippen LogP contribution is 2.17. The van der Waals surface area contributed by atoms with Crippen LogP contribution < -0.4 is 15.5 Å². The van der Waals surface area contributed by atoms with Gasteiger partial charge >= 0.3 is 0 Å². The summed E-state index contributed by atoms with van der Waals surface area (Å²) in [5.41, 5.74) is 3.56. The largest absolute Gasteiger partial charge is 0.364 e. The van der Waals surface area contributed by atoms with Crippen LogP contribution in [0.3, 0.4) is 0 Å². The van der Waals surface area contributed by atoms with Crippen LogP contribution in [0.2, 0.25) is 0 Å². The zero-order chi connectivity index (χ0) is 18.0. The number of benzene rings is 1. The van der Waals surface area contributed by atoms with E-state index in [-0.39, 0.29) is 0 Å². The summed E-state index contributed by atoms with van der Waals surface area (Å²) >= 11 is 0. The van der Waals surface area contributed by atoms with Gasteiger partial charge in [-0.2, -0.15) is 0 Å². The Morgan fingerprint density at radius 3 is 2.58 bits per heavy atom. The van der Waals surface area contributed by atoms with Gasteiger partial charge in [0, 0.05) is 50.2 Å². The van der Waals surface area contributed by atoms with Gasteiger partial charge in [-0.1, -0.05) is 30.4 Å². The third kappa shape index (κ3) is 5.34. The highest BCUT2D eigenvalue weighted by Gasteiger charge is 2.07. The number of nitrogens with one attached hydrogen (secondary N) is 2. The molecule has 26 heavy (non-hydrogen) atoms. The Morgan fingerprint density at radius 1 is 1.08 bits per heavy atom. The Morgan fingerprint density at radius 2 is 1.88 bits per heavy atom. The number of guanidine groups is 1. The lowest BCUT2D eigenvalue weighted by Crippen LogP contribution is -2.38. The van der Waals surface area contributed by atoms with Crippen molar-refractivity contribution >= 4 is 11.6 Å². The minimum Gasteiger partial charge on any atom is -0.364 e. The van der Waals surface area contributed by atoms with Crippen molar-refractivity contribution < 1.29 is 0 Å². The highest BCUT2D eigenvalue weighted by molar-refractivity contribution is 5.79. The van der Waals surface area contributed by atoms with Crippen molar-refractivity contribution in [3.8, 4) is 0 Å². The lowest BCUT2D eigenvalue weighted by atomic mass is 10.2. The van der Waals surface area contributed by atoms with Gasteiger partial charge in [-0.25, -0.2) is 4.99 Å². The third-order valence-corrected chi connectivity index (χ3v) is 4.28. The Hall–Kier alpha value is -2.82. The molecule has 0 aliphatic carbocycles. The first kappa shape index (κ1) is 18.0. The van der Waals surface area contributed by atoms with Crippen LogP contribution in [0.1, 0.15) is 18.2 Å². The molecule has 1 aliphatic rings. The van der Waals surface area contributed by atoms with Crippen molar-refractivity contribution in [2.75, 3.05) is 31.1 Å². The van der Waals surface area contributed by atoms with E-state index in [0.29, 0.717) is 6.54 Å². The number of anilines is 1. The molecule has 3 rings (SSSR count). The summed E-state index contributed by atoms with van der Waals surface area (Å²) in [7, 11) is 0. The molecular formula is C21H27N5. The number of aromatic nitrogens is 1. The van der Waals surface area contributed by atoms with Crippen molar-refractivity contribution in [2.24, 2.45) is 4.99 Å². The summed E-state index contributed by atoms with van der Waals surface area (Å²) in [6.07, 6.45) is 7.12. The molecule has 0 unspecified atom stereocenters. The molecule has 1 aromatic carbocycles. The molecule has 136 valence electrons. The zero-order valence-corrected chi connectivity index (χ0v) is 15.4. The van der Waals surface area contributed by atoms with Crippen LogP contribution in [0.25, 0.3) is 0 Å². The van der Waals surface area contributed by atoms with Gasteiger partial charge in [-0.15, -0.1) is 0 Å². The van der Waals surface area contributed by atoms with E-state index in [9.17, 15) is 0 Å². The predicted molar refractivity (Wildman–Crippen MR) is 109 cm³/mol. The van der Waals surface area contributed by atoms with E-state index in [1.165, 1.54) is 11.3 Å². The lowest BCUT2D eigenvalue weighted by Gasteiger charge is -2.17. The maximum Gasteiger partial charge on any atom is 0.191 e. The van der Waals surface area contributed by atoms with Crippen LogP contribution in [0.15, 0.2) is 65.8 Å². The number of nitrogens with zero attached hydrogens (tertiary/aromatic N) is 3. The summed E-state index contributed by atoms with van der Waals surface area (Å²) in [5, 5.41) is 6.68. The smallest absolute Gasteiger partial charge is 0.191 e. The number of aliphatic imine (C=N–C) groups is 1. The van der Waals surface area contributed by atoms with E-state index in [2.05, 4.69) is 63.9 Å². The topological polar surface area (TPSA) is 52.6 Å². The standard InChI is InChI=1S/C21H27N5/c1-2-22-21(24-14-12-19-7-3-4-13-23-19)25-17-18-8-10-20(11-9-18)26-15-5-6-16-26/h3-11,13H,2,12,14-17H2,1H3,(H2,22,24,25). The summed E-state index contributed by atoms with van der Waals surface area (Å²) in [5.74, 6) is 0.844. The predicted octanol–water partition coefficient (Wildman–Crippen LogP) is 2.76. The van der Waals surface area contributed by atoms with Crippen LogP contribution in [-0.2, 0) is 13.0 Å². The molecule has 0 saturated carbocycles. The Kier molecular flexibility index (Phi) is 6.65. The number of rotatable bonds is 7. The van der Waals surface area contributed by atoms with E-state index < -0.39 is 0 Å². The quantitative estimate of drug-likeness (QED) is 0.458. The summed E-state index contributed by atoms with van der Waals surface area (Å²) in [6.45, 7) is 6.40. The Bertz CT molecular complexity index is 714. The third-order valence-electron chi connectivity index (χ3n) is 4.28. The van der Waals surface area contributed by atoms with Gasteiger partial charge in [0.25, 0.3) is 0 Å². The SMILES string of the molecule is CCNC(=NCc1ccc(N2CC=CC2)cc1)NCCc1ccccn1. The van der Waals surface area contributed by atoms with Gasteiger partial charge in [0.2, 0.25) is 0 Å². The average molecular weight is 349 g/mol. The number of hydrogen-bond acceptors (Lipinski definition) is 3. The monoisotopic (exact) mass is 349 g/mol. The van der Waals surface area contributed by atoms with Gasteiger partial charge in [0.15, 0.2) is 5.96 Å². The second-order valence-corrected chi connectivity index (χ2v) is 6.24. The van der Waals surface area contributed by atoms with Crippen LogP contribution in [0.5, 0.6) is 0 Å². The molecule has 5 heteroatoms. The molecule has 0 amide bonds. The van der Waals surface area contributed by atoms with E-state index in [4.69, 9.17) is 4.99 Å². The molecule has 2 heterocycles. The minimum atomic E-state index is 0.664. The lowest BCUT2D eigenvalue weighted by molar-refractivity contribution is 0.788. The molecule has 0 radical (unpaired) electrons. The van der Waals surface area contributed by atoms with Crippen LogP contribution in [-0.4, -0.2) is 37.1 Å². The minimum absolute atomic E-state index is 0.664. The molecule has 1 aliphatic heterocycles. The van der Waals surface area contributed by atoms with Crippen molar-refractivity contribution in [1.82, 2.24) is 15.6 Å². The second-order valence-electron chi connectivity index (χ2n) is 6.24. The highest BCUT2D eigenvalue weighted by atomic mass is 15.2. The molecule has 2 N–H and O–H groups in total. The van der Waals surface area contributed by atoms with Gasteiger partial charge in [-0.3, -0.25) is 4.98 Å². The van der Waals surface area contributed by atoms with Crippen LogP contribution in [0, 0.1) is 0 Å². The van der Waals surface area contributed by atoms with Crippen molar-refractivity contribution in [1.29, 1.82) is 0 Å². The second kappa shape index (κ2) is 9.61. The summed E-state index contributed by atoms with van der Waals surface area (Å²) in [6, 6.07) is 14.7. The van der Waals surface area contributed by atoms with Gasteiger partial charge in [-0.05, 0) is 36.8 Å². The van der Waals surface area contributed by atoms with E-state index in [1.807, 2.05) is 24.4 Å². The average Bonchev–Trinajstić information content (AvgIpc) is 3.22. The Labute approximate surface area is 155 Å². The fourth-order valence-corrected chi connectivity index (χ4v) is 2.87. The van der Waals surface area contributed by atoms with E-state index in [0.717, 1.165) is 44.3 Å². The van der Waals surface area contributed by atoms with E-state index >= 15 is 0 Å². The zero-order valence-electron chi connectivity index (χ0n) is 15.4. The summed E-state index contributed by atoms with van der Waals surface area (Å²) in [4.78, 5) is 11.4. The first-order valence-corrected chi connectivity index (χ1v) is 9.26. The maximum absolute atomic E-state index is 4.69.